The fraction of sp³-hybridized carbons (Fsp3) is 0.846. The van der Waals surface area contributed by atoms with Crippen LogP contribution in [-0.4, -0.2) is 34.4 Å². The standard InChI is InChI=1S/C13H24N3OPS/c1-4-12-15-13(19-16-12)14-10-7-5-6-8-11(9-10)18(2,3)17/h10-11H,4-9H2,1-3H3,(H,14,15,16). The Labute approximate surface area is 120 Å². The normalized spacial score (nSPS) is 25.0. The molecule has 0 radical (unpaired) electrons. The van der Waals surface area contributed by atoms with Crippen LogP contribution in [0.15, 0.2) is 0 Å². The molecule has 0 spiro atoms. The Bertz CT molecular complexity index is 456. The van der Waals surface area contributed by atoms with Crippen molar-refractivity contribution >= 4 is 23.8 Å². The highest BCUT2D eigenvalue weighted by atomic mass is 32.1. The predicted molar refractivity (Wildman–Crippen MR) is 83.0 cm³/mol. The first-order valence-corrected chi connectivity index (χ1v) is 10.6. The van der Waals surface area contributed by atoms with Crippen LogP contribution in [0.2, 0.25) is 0 Å². The highest BCUT2D eigenvalue weighted by molar-refractivity contribution is 7.63. The monoisotopic (exact) mass is 301 g/mol. The van der Waals surface area contributed by atoms with Gasteiger partial charge in [0.1, 0.15) is 5.82 Å². The van der Waals surface area contributed by atoms with Crippen molar-refractivity contribution in [1.29, 1.82) is 0 Å². The van der Waals surface area contributed by atoms with Crippen molar-refractivity contribution in [2.24, 2.45) is 0 Å². The van der Waals surface area contributed by atoms with E-state index in [1.54, 1.807) is 0 Å². The van der Waals surface area contributed by atoms with Gasteiger partial charge in [-0.05, 0) is 32.6 Å². The van der Waals surface area contributed by atoms with Crippen LogP contribution in [0.25, 0.3) is 0 Å². The number of hydrogen-bond donors (Lipinski definition) is 1. The third-order valence-electron chi connectivity index (χ3n) is 3.89. The molecule has 19 heavy (non-hydrogen) atoms. The maximum absolute atomic E-state index is 12.3. The second-order valence-electron chi connectivity index (χ2n) is 5.82. The SMILES string of the molecule is CCc1nsc(NC2CCCCC(P(C)(C)=O)C2)n1. The van der Waals surface area contributed by atoms with Gasteiger partial charge >= 0.3 is 0 Å². The Hall–Kier alpha value is -0.410. The largest absolute Gasteiger partial charge is 0.358 e. The summed E-state index contributed by atoms with van der Waals surface area (Å²) in [7, 11) is -1.98. The molecule has 6 heteroatoms. The molecule has 4 nitrogen and oxygen atoms in total. The van der Waals surface area contributed by atoms with E-state index in [2.05, 4.69) is 21.6 Å². The lowest BCUT2D eigenvalue weighted by Gasteiger charge is -2.23. The van der Waals surface area contributed by atoms with Gasteiger partial charge in [-0.3, -0.25) is 0 Å². The van der Waals surface area contributed by atoms with Gasteiger partial charge in [0, 0.05) is 29.7 Å². The summed E-state index contributed by atoms with van der Waals surface area (Å²) in [5.74, 6) is 0.911. The van der Waals surface area contributed by atoms with Crippen LogP contribution in [0.3, 0.4) is 0 Å². The minimum absolute atomic E-state index is 0.367. The molecule has 0 bridgehead atoms. The quantitative estimate of drug-likeness (QED) is 0.678. The fourth-order valence-electron chi connectivity index (χ4n) is 2.66. The zero-order valence-electron chi connectivity index (χ0n) is 12.1. The summed E-state index contributed by atoms with van der Waals surface area (Å²) < 4.78 is 16.6. The Kier molecular flexibility index (Phi) is 5.02. The Morgan fingerprint density at radius 2 is 2.11 bits per heavy atom. The zero-order chi connectivity index (χ0) is 13.9. The van der Waals surface area contributed by atoms with E-state index < -0.39 is 7.14 Å². The third kappa shape index (κ3) is 4.28. The summed E-state index contributed by atoms with van der Waals surface area (Å²) in [6, 6.07) is 0.401. The number of hydrogen-bond acceptors (Lipinski definition) is 5. The molecule has 1 heterocycles. The number of nitrogens with one attached hydrogen (secondary N) is 1. The van der Waals surface area contributed by atoms with Crippen molar-refractivity contribution in [3.8, 4) is 0 Å². The predicted octanol–water partition coefficient (Wildman–Crippen LogP) is 3.84. The van der Waals surface area contributed by atoms with Crippen molar-refractivity contribution in [3.05, 3.63) is 5.82 Å². The Balaban J connectivity index is 2.00. The van der Waals surface area contributed by atoms with E-state index in [0.717, 1.165) is 36.6 Å². The van der Waals surface area contributed by atoms with Crippen molar-refractivity contribution < 1.29 is 4.57 Å². The highest BCUT2D eigenvalue weighted by Crippen LogP contribution is 2.48. The number of anilines is 1. The van der Waals surface area contributed by atoms with Crippen LogP contribution in [0.4, 0.5) is 5.13 Å². The Morgan fingerprint density at radius 3 is 2.74 bits per heavy atom. The van der Waals surface area contributed by atoms with E-state index in [-0.39, 0.29) is 0 Å². The minimum atomic E-state index is -1.98. The molecule has 2 rings (SSSR count). The summed E-state index contributed by atoms with van der Waals surface area (Å²) in [6.07, 6.45) is 6.56. The van der Waals surface area contributed by atoms with E-state index in [1.807, 2.05) is 13.3 Å². The summed E-state index contributed by atoms with van der Waals surface area (Å²) >= 11 is 1.44. The smallest absolute Gasteiger partial charge is 0.202 e. The van der Waals surface area contributed by atoms with Gasteiger partial charge in [-0.2, -0.15) is 4.37 Å². The average molecular weight is 301 g/mol. The molecule has 0 amide bonds. The summed E-state index contributed by atoms with van der Waals surface area (Å²) in [5.41, 5.74) is 0.367. The number of aromatic nitrogens is 2. The highest BCUT2D eigenvalue weighted by Gasteiger charge is 2.28. The number of nitrogens with zero attached hydrogens (tertiary/aromatic N) is 2. The summed E-state index contributed by atoms with van der Waals surface area (Å²) in [6.45, 7) is 5.93. The molecular weight excluding hydrogens is 277 g/mol. The molecular formula is C13H24N3OPS. The maximum Gasteiger partial charge on any atom is 0.202 e. The molecule has 0 saturated heterocycles. The molecule has 108 valence electrons. The number of rotatable bonds is 4. The lowest BCUT2D eigenvalue weighted by molar-refractivity contribution is 0.553. The van der Waals surface area contributed by atoms with Crippen LogP contribution < -0.4 is 5.32 Å². The van der Waals surface area contributed by atoms with E-state index in [9.17, 15) is 4.57 Å². The lowest BCUT2D eigenvalue weighted by atomic mass is 10.1. The molecule has 0 aliphatic heterocycles. The van der Waals surface area contributed by atoms with E-state index in [4.69, 9.17) is 0 Å². The zero-order valence-corrected chi connectivity index (χ0v) is 13.8. The van der Waals surface area contributed by atoms with Crippen molar-refractivity contribution in [2.75, 3.05) is 18.6 Å². The second kappa shape index (κ2) is 6.36. The van der Waals surface area contributed by atoms with Gasteiger partial charge < -0.3 is 9.88 Å². The van der Waals surface area contributed by atoms with Crippen LogP contribution in [0.1, 0.15) is 44.9 Å². The molecule has 1 aromatic rings. The van der Waals surface area contributed by atoms with Crippen molar-refractivity contribution in [1.82, 2.24) is 9.36 Å². The molecule has 1 aliphatic carbocycles. The first-order valence-electron chi connectivity index (χ1n) is 7.13. The first kappa shape index (κ1) is 15.0. The number of aryl methyl sites for hydroxylation is 1. The average Bonchev–Trinajstić information content (AvgIpc) is 2.64. The van der Waals surface area contributed by atoms with Gasteiger partial charge in [0.25, 0.3) is 0 Å². The third-order valence-corrected chi connectivity index (χ3v) is 6.80. The van der Waals surface area contributed by atoms with Gasteiger partial charge in [-0.1, -0.05) is 19.8 Å². The molecule has 2 atom stereocenters. The molecule has 1 saturated carbocycles. The lowest BCUT2D eigenvalue weighted by Crippen LogP contribution is -2.23. The topological polar surface area (TPSA) is 54.9 Å². The molecule has 0 aromatic carbocycles. The molecule has 2 unspecified atom stereocenters. The minimum Gasteiger partial charge on any atom is -0.358 e. The van der Waals surface area contributed by atoms with Gasteiger partial charge in [0.15, 0.2) is 0 Å². The molecule has 1 fully saturated rings. The van der Waals surface area contributed by atoms with E-state index >= 15 is 0 Å². The fourth-order valence-corrected chi connectivity index (χ4v) is 4.96. The van der Waals surface area contributed by atoms with Crippen LogP contribution in [-0.2, 0) is 11.0 Å². The van der Waals surface area contributed by atoms with Gasteiger partial charge in [-0.15, -0.1) is 0 Å². The van der Waals surface area contributed by atoms with Crippen LogP contribution >= 0.6 is 18.7 Å². The van der Waals surface area contributed by atoms with Gasteiger partial charge in [0.2, 0.25) is 5.13 Å². The summed E-state index contributed by atoms with van der Waals surface area (Å²) in [4.78, 5) is 4.47. The molecule has 1 N–H and O–H groups in total. The van der Waals surface area contributed by atoms with Gasteiger partial charge in [-0.25, -0.2) is 4.98 Å². The van der Waals surface area contributed by atoms with Crippen molar-refractivity contribution in [3.63, 3.8) is 0 Å². The first-order chi connectivity index (χ1) is 8.99. The van der Waals surface area contributed by atoms with Crippen molar-refractivity contribution in [2.45, 2.75) is 57.1 Å². The van der Waals surface area contributed by atoms with E-state index in [1.165, 1.54) is 24.4 Å². The maximum atomic E-state index is 12.3. The second-order valence-corrected chi connectivity index (χ2v) is 10.2. The van der Waals surface area contributed by atoms with Crippen LogP contribution in [0.5, 0.6) is 0 Å². The van der Waals surface area contributed by atoms with E-state index in [0.29, 0.717) is 11.7 Å². The Morgan fingerprint density at radius 1 is 1.37 bits per heavy atom. The molecule has 1 aromatic heterocycles. The van der Waals surface area contributed by atoms with Gasteiger partial charge in [0.05, 0.1) is 7.14 Å². The summed E-state index contributed by atoms with van der Waals surface area (Å²) in [5, 5.41) is 4.42. The molecule has 1 aliphatic rings. The van der Waals surface area contributed by atoms with Crippen LogP contribution in [0, 0.1) is 0 Å².